The third kappa shape index (κ3) is 3.65. The van der Waals surface area contributed by atoms with Crippen molar-refractivity contribution in [1.29, 1.82) is 0 Å². The number of hydrogen-bond donors (Lipinski definition) is 3. The molecule has 0 amide bonds. The first-order valence-electron chi connectivity index (χ1n) is 8.86. The summed E-state index contributed by atoms with van der Waals surface area (Å²) in [5.74, 6) is -0.175. The Kier molecular flexibility index (Phi) is 5.23. The number of thiazole rings is 1. The second-order valence-electron chi connectivity index (χ2n) is 6.79. The van der Waals surface area contributed by atoms with Gasteiger partial charge < -0.3 is 15.6 Å². The topological polar surface area (TPSA) is 167 Å². The lowest BCUT2D eigenvalue weighted by Gasteiger charge is -2.16. The van der Waals surface area contributed by atoms with Crippen molar-refractivity contribution in [3.8, 4) is 0 Å². The Morgan fingerprint density at radius 1 is 1.37 bits per heavy atom. The zero-order chi connectivity index (χ0) is 21.6. The average Bonchev–Trinajstić information content (AvgIpc) is 3.21. The van der Waals surface area contributed by atoms with Gasteiger partial charge in [0.2, 0.25) is 5.95 Å². The third-order valence-corrected chi connectivity index (χ3v) is 6.99. The maximum Gasteiger partial charge on any atom is 0.311 e. The van der Waals surface area contributed by atoms with E-state index in [1.54, 1.807) is 12.1 Å². The van der Waals surface area contributed by atoms with Gasteiger partial charge >= 0.3 is 4.87 Å². The number of nitrogens with one attached hydrogen (secondary N) is 1. The predicted molar refractivity (Wildman–Crippen MR) is 108 cm³/mol. The molecule has 30 heavy (non-hydrogen) atoms. The van der Waals surface area contributed by atoms with Gasteiger partial charge in [-0.3, -0.25) is 23.3 Å². The standard InChI is InChI=1S/C17H18N4O7S2/c1-8-2-4-9(5-3-8)30(25,26)28-10-6-12(27-11(10)7-22)21-14-13(29-17(21)24)15(23)20-16(18)19-14/h2-5,10-12,22H,6-7H2,1H3,(H3,18,19,20,23)/t10?,11-,12-/m1/s1. The van der Waals surface area contributed by atoms with E-state index < -0.39 is 45.6 Å². The van der Waals surface area contributed by atoms with Crippen molar-refractivity contribution in [3.05, 3.63) is 49.9 Å². The third-order valence-electron chi connectivity index (χ3n) is 4.70. The quantitative estimate of drug-likeness (QED) is 0.453. The normalized spacial score (nSPS) is 22.0. The van der Waals surface area contributed by atoms with E-state index in [0.717, 1.165) is 10.1 Å². The lowest BCUT2D eigenvalue weighted by Crippen LogP contribution is -2.30. The summed E-state index contributed by atoms with van der Waals surface area (Å²) in [6.07, 6.45) is -3.10. The van der Waals surface area contributed by atoms with Crippen LogP contribution in [0.3, 0.4) is 0 Å². The number of nitrogen functional groups attached to an aromatic ring is 1. The summed E-state index contributed by atoms with van der Waals surface area (Å²) in [6, 6.07) is 6.11. The van der Waals surface area contributed by atoms with Crippen LogP contribution in [-0.4, -0.2) is 46.9 Å². The monoisotopic (exact) mass is 454 g/mol. The molecule has 0 spiro atoms. The molecule has 3 aromatic rings. The van der Waals surface area contributed by atoms with Crippen molar-refractivity contribution in [2.75, 3.05) is 12.3 Å². The molecule has 0 saturated carbocycles. The highest BCUT2D eigenvalue weighted by Gasteiger charge is 2.41. The van der Waals surface area contributed by atoms with Gasteiger partial charge in [0, 0.05) is 6.42 Å². The minimum absolute atomic E-state index is 0.0231. The van der Waals surface area contributed by atoms with Crippen LogP contribution in [0.1, 0.15) is 18.2 Å². The van der Waals surface area contributed by atoms with Crippen molar-refractivity contribution >= 4 is 37.8 Å². The van der Waals surface area contributed by atoms with Crippen LogP contribution >= 0.6 is 11.3 Å². The average molecular weight is 454 g/mol. The first kappa shape index (κ1) is 20.7. The van der Waals surface area contributed by atoms with Crippen molar-refractivity contribution in [1.82, 2.24) is 14.5 Å². The summed E-state index contributed by atoms with van der Waals surface area (Å²) in [7, 11) is -4.13. The van der Waals surface area contributed by atoms with E-state index in [9.17, 15) is 23.1 Å². The fraction of sp³-hybridized carbons (Fsp3) is 0.353. The van der Waals surface area contributed by atoms with Crippen LogP contribution in [0.25, 0.3) is 10.3 Å². The number of benzene rings is 1. The maximum atomic E-state index is 12.6. The van der Waals surface area contributed by atoms with Gasteiger partial charge in [0.1, 0.15) is 23.1 Å². The van der Waals surface area contributed by atoms with Gasteiger partial charge in [-0.05, 0) is 19.1 Å². The van der Waals surface area contributed by atoms with E-state index >= 15 is 0 Å². The Labute approximate surface area is 173 Å². The lowest BCUT2D eigenvalue weighted by atomic mass is 10.2. The molecule has 11 nitrogen and oxygen atoms in total. The molecule has 1 unspecified atom stereocenters. The molecule has 1 fully saturated rings. The molecular formula is C17H18N4O7S2. The second kappa shape index (κ2) is 7.59. The van der Waals surface area contributed by atoms with E-state index in [1.807, 2.05) is 6.92 Å². The molecule has 1 saturated heterocycles. The molecule has 1 aliphatic heterocycles. The minimum atomic E-state index is -4.13. The molecule has 3 atom stereocenters. The molecule has 0 aliphatic carbocycles. The number of aromatic nitrogens is 3. The predicted octanol–water partition coefficient (Wildman–Crippen LogP) is 0.0908. The van der Waals surface area contributed by atoms with E-state index in [4.69, 9.17) is 14.7 Å². The number of hydrogen-bond acceptors (Lipinski definition) is 10. The zero-order valence-corrected chi connectivity index (χ0v) is 17.3. The number of rotatable bonds is 5. The fourth-order valence-electron chi connectivity index (χ4n) is 3.25. The van der Waals surface area contributed by atoms with Gasteiger partial charge in [-0.1, -0.05) is 29.0 Å². The van der Waals surface area contributed by atoms with Gasteiger partial charge in [-0.25, -0.2) is 0 Å². The number of aliphatic hydroxyl groups is 1. The molecule has 3 heterocycles. The van der Waals surface area contributed by atoms with E-state index in [0.29, 0.717) is 11.3 Å². The molecule has 4 N–H and O–H groups in total. The number of aromatic amines is 1. The first-order valence-corrected chi connectivity index (χ1v) is 11.1. The SMILES string of the molecule is Cc1ccc(S(=O)(=O)OC2C[C@H](n3c(=O)sc4c(=O)[nH]c(N)nc43)O[C@@H]2CO)cc1. The molecule has 13 heteroatoms. The molecular weight excluding hydrogens is 436 g/mol. The number of ether oxygens (including phenoxy) is 1. The summed E-state index contributed by atoms with van der Waals surface area (Å²) in [6.45, 7) is 1.29. The van der Waals surface area contributed by atoms with Gasteiger partial charge in [0.15, 0.2) is 5.65 Å². The van der Waals surface area contributed by atoms with Crippen LogP contribution < -0.4 is 16.2 Å². The second-order valence-corrected chi connectivity index (χ2v) is 9.32. The highest BCUT2D eigenvalue weighted by Crippen LogP contribution is 2.34. The Morgan fingerprint density at radius 3 is 2.73 bits per heavy atom. The van der Waals surface area contributed by atoms with Crippen molar-refractivity contribution in [2.45, 2.75) is 36.7 Å². The van der Waals surface area contributed by atoms with Gasteiger partial charge in [0.05, 0.1) is 11.5 Å². The van der Waals surface area contributed by atoms with E-state index in [-0.39, 0.29) is 27.6 Å². The van der Waals surface area contributed by atoms with Crippen LogP contribution in [-0.2, 0) is 19.0 Å². The van der Waals surface area contributed by atoms with E-state index in [1.165, 1.54) is 12.1 Å². The molecule has 160 valence electrons. The van der Waals surface area contributed by atoms with Crippen molar-refractivity contribution < 1.29 is 22.4 Å². The highest BCUT2D eigenvalue weighted by atomic mass is 32.2. The summed E-state index contributed by atoms with van der Waals surface area (Å²) in [5.41, 5.74) is 5.92. The summed E-state index contributed by atoms with van der Waals surface area (Å²) >= 11 is 0.666. The Balaban J connectivity index is 1.66. The number of nitrogens with two attached hydrogens (primary N) is 1. The number of nitrogens with zero attached hydrogens (tertiary/aromatic N) is 2. The number of fused-ring (bicyclic) bond motifs is 1. The Hall–Kier alpha value is -2.58. The molecule has 4 rings (SSSR count). The van der Waals surface area contributed by atoms with Crippen molar-refractivity contribution in [3.63, 3.8) is 0 Å². The molecule has 0 bridgehead atoms. The van der Waals surface area contributed by atoms with Crippen LogP contribution in [0.15, 0.2) is 38.8 Å². The van der Waals surface area contributed by atoms with Crippen LogP contribution in [0.5, 0.6) is 0 Å². The fourth-order valence-corrected chi connectivity index (χ4v) is 5.21. The summed E-state index contributed by atoms with van der Waals surface area (Å²) in [5, 5.41) is 9.65. The Bertz CT molecular complexity index is 1310. The zero-order valence-electron chi connectivity index (χ0n) is 15.6. The number of aliphatic hydroxyl groups excluding tert-OH is 1. The van der Waals surface area contributed by atoms with Crippen LogP contribution in [0.2, 0.25) is 0 Å². The molecule has 0 radical (unpaired) electrons. The summed E-state index contributed by atoms with van der Waals surface area (Å²) in [4.78, 5) is 30.3. The largest absolute Gasteiger partial charge is 0.394 e. The summed E-state index contributed by atoms with van der Waals surface area (Å²) < 4.78 is 37.4. The number of H-pyrrole nitrogens is 1. The number of anilines is 1. The van der Waals surface area contributed by atoms with Gasteiger partial charge in [-0.15, -0.1) is 0 Å². The molecule has 1 aliphatic rings. The van der Waals surface area contributed by atoms with Crippen molar-refractivity contribution in [2.24, 2.45) is 0 Å². The van der Waals surface area contributed by atoms with Crippen LogP contribution in [0, 0.1) is 6.92 Å². The minimum Gasteiger partial charge on any atom is -0.394 e. The maximum absolute atomic E-state index is 12.6. The number of aryl methyl sites for hydroxylation is 1. The molecule has 2 aromatic heterocycles. The first-order chi connectivity index (χ1) is 14.2. The Morgan fingerprint density at radius 2 is 2.07 bits per heavy atom. The molecule has 1 aromatic carbocycles. The van der Waals surface area contributed by atoms with E-state index in [2.05, 4.69) is 9.97 Å². The highest BCUT2D eigenvalue weighted by molar-refractivity contribution is 7.86. The van der Waals surface area contributed by atoms with Crippen LogP contribution in [0.4, 0.5) is 5.95 Å². The van der Waals surface area contributed by atoms with Gasteiger partial charge in [0.25, 0.3) is 15.7 Å². The van der Waals surface area contributed by atoms with Gasteiger partial charge in [-0.2, -0.15) is 13.4 Å². The lowest BCUT2D eigenvalue weighted by molar-refractivity contribution is -0.0390. The smallest absolute Gasteiger partial charge is 0.311 e.